The molecule has 1 amide bonds. The zero-order valence-electron chi connectivity index (χ0n) is 13.6. The number of hydrogen-bond donors (Lipinski definition) is 1. The number of anilines is 1. The van der Waals surface area contributed by atoms with E-state index in [-0.39, 0.29) is 5.91 Å². The molecule has 3 rings (SSSR count). The van der Waals surface area contributed by atoms with Gasteiger partial charge in [0.15, 0.2) is 5.82 Å². The van der Waals surface area contributed by atoms with Crippen LogP contribution >= 0.6 is 0 Å². The van der Waals surface area contributed by atoms with E-state index in [9.17, 15) is 4.79 Å². The molecule has 23 heavy (non-hydrogen) atoms. The number of rotatable bonds is 3. The molecule has 2 aromatic rings. The average molecular weight is 312 g/mol. The third-order valence-electron chi connectivity index (χ3n) is 4.29. The molecule has 3 heterocycles. The van der Waals surface area contributed by atoms with Crippen molar-refractivity contribution < 1.29 is 4.79 Å². The maximum Gasteiger partial charge on any atom is 0.257 e. The molecule has 1 saturated heterocycles. The molecule has 0 saturated carbocycles. The van der Waals surface area contributed by atoms with Gasteiger partial charge in [-0.1, -0.05) is 0 Å². The summed E-state index contributed by atoms with van der Waals surface area (Å²) < 4.78 is 0. The zero-order valence-corrected chi connectivity index (χ0v) is 13.6. The summed E-state index contributed by atoms with van der Waals surface area (Å²) in [5, 5.41) is 3.05. The summed E-state index contributed by atoms with van der Waals surface area (Å²) in [6.45, 7) is 4.63. The molecule has 1 aliphatic rings. The number of carbonyl (C=O) groups excluding carboxylic acids is 1. The summed E-state index contributed by atoms with van der Waals surface area (Å²) in [5.41, 5.74) is 0.843. The molecule has 1 aliphatic heterocycles. The lowest BCUT2D eigenvalue weighted by Crippen LogP contribution is -2.44. The Bertz CT molecular complexity index is 720. The fraction of sp³-hybridized carbons (Fsp3) is 0.438. The maximum atomic E-state index is 12.9. The van der Waals surface area contributed by atoms with Gasteiger partial charge in [-0.05, 0) is 26.7 Å². The fourth-order valence-corrected chi connectivity index (χ4v) is 3.02. The van der Waals surface area contributed by atoms with Crippen molar-refractivity contribution in [2.45, 2.75) is 32.2 Å². The van der Waals surface area contributed by atoms with Crippen molar-refractivity contribution in [2.75, 3.05) is 18.9 Å². The van der Waals surface area contributed by atoms with Crippen molar-refractivity contribution >= 4 is 11.7 Å². The van der Waals surface area contributed by atoms with E-state index >= 15 is 0 Å². The molecule has 0 bridgehead atoms. The van der Waals surface area contributed by atoms with Crippen LogP contribution in [-0.4, -0.2) is 44.3 Å². The molecule has 1 fully saturated rings. The summed E-state index contributed by atoms with van der Waals surface area (Å²) in [4.78, 5) is 31.7. The number of amides is 1. The zero-order chi connectivity index (χ0) is 16.4. The quantitative estimate of drug-likeness (QED) is 0.930. The van der Waals surface area contributed by atoms with Crippen molar-refractivity contribution in [1.29, 1.82) is 0 Å². The molecular weight excluding hydrogens is 292 g/mol. The van der Waals surface area contributed by atoms with Crippen LogP contribution in [0.3, 0.4) is 0 Å². The number of hydrogen-bond acceptors (Lipinski definition) is 6. The molecule has 2 aromatic heterocycles. The molecular formula is C16H20N6O. The Morgan fingerprint density at radius 2 is 2.04 bits per heavy atom. The standard InChI is InChI=1S/C16H20N6O/c1-11-7-13(17-3)21-15(20-11)16(2)5-4-6-22(16)14(23)12-8-18-10-19-9-12/h7-10H,4-6H2,1-3H3,(H,17,20,21)/t16-/m0/s1. The summed E-state index contributed by atoms with van der Waals surface area (Å²) >= 11 is 0. The van der Waals surface area contributed by atoms with Gasteiger partial charge < -0.3 is 10.2 Å². The largest absolute Gasteiger partial charge is 0.373 e. The van der Waals surface area contributed by atoms with Crippen molar-refractivity contribution in [1.82, 2.24) is 24.8 Å². The van der Waals surface area contributed by atoms with Gasteiger partial charge in [0.05, 0.1) is 5.56 Å². The van der Waals surface area contributed by atoms with Gasteiger partial charge in [0, 0.05) is 37.7 Å². The predicted octanol–water partition coefficient (Wildman–Crippen LogP) is 1.77. The van der Waals surface area contributed by atoms with Crippen LogP contribution < -0.4 is 5.32 Å². The summed E-state index contributed by atoms with van der Waals surface area (Å²) in [5.74, 6) is 1.35. The minimum Gasteiger partial charge on any atom is -0.373 e. The van der Waals surface area contributed by atoms with E-state index in [4.69, 9.17) is 0 Å². The molecule has 0 radical (unpaired) electrons. The van der Waals surface area contributed by atoms with Crippen LogP contribution in [0.5, 0.6) is 0 Å². The van der Waals surface area contributed by atoms with Crippen molar-refractivity contribution in [3.63, 3.8) is 0 Å². The molecule has 7 heteroatoms. The minimum absolute atomic E-state index is 0.0817. The lowest BCUT2D eigenvalue weighted by Gasteiger charge is -2.34. The molecule has 0 aliphatic carbocycles. The first-order valence-corrected chi connectivity index (χ1v) is 7.65. The van der Waals surface area contributed by atoms with Crippen LogP contribution in [0, 0.1) is 6.92 Å². The smallest absolute Gasteiger partial charge is 0.257 e. The van der Waals surface area contributed by atoms with Crippen molar-refractivity contribution in [3.05, 3.63) is 41.9 Å². The van der Waals surface area contributed by atoms with Gasteiger partial charge in [-0.2, -0.15) is 0 Å². The van der Waals surface area contributed by atoms with Gasteiger partial charge in [-0.25, -0.2) is 19.9 Å². The van der Waals surface area contributed by atoms with Crippen molar-refractivity contribution in [3.8, 4) is 0 Å². The van der Waals surface area contributed by atoms with Crippen LogP contribution in [0.15, 0.2) is 24.8 Å². The first-order chi connectivity index (χ1) is 11.0. The van der Waals surface area contributed by atoms with Gasteiger partial charge in [-0.3, -0.25) is 4.79 Å². The first kappa shape index (κ1) is 15.3. The van der Waals surface area contributed by atoms with Crippen LogP contribution in [0.25, 0.3) is 0 Å². The third kappa shape index (κ3) is 2.74. The Morgan fingerprint density at radius 1 is 1.30 bits per heavy atom. The lowest BCUT2D eigenvalue weighted by molar-refractivity contribution is 0.0603. The van der Waals surface area contributed by atoms with Gasteiger partial charge in [0.2, 0.25) is 0 Å². The van der Waals surface area contributed by atoms with E-state index in [2.05, 4.69) is 25.3 Å². The Kier molecular flexibility index (Phi) is 3.94. The van der Waals surface area contributed by atoms with Gasteiger partial charge >= 0.3 is 0 Å². The van der Waals surface area contributed by atoms with E-state index in [1.54, 1.807) is 12.4 Å². The Morgan fingerprint density at radius 3 is 2.74 bits per heavy atom. The van der Waals surface area contributed by atoms with E-state index in [1.165, 1.54) is 6.33 Å². The topological polar surface area (TPSA) is 83.9 Å². The minimum atomic E-state index is -0.523. The molecule has 0 unspecified atom stereocenters. The van der Waals surface area contributed by atoms with Crippen LogP contribution in [0.1, 0.15) is 41.6 Å². The number of nitrogens with one attached hydrogen (secondary N) is 1. The Balaban J connectivity index is 2.00. The lowest BCUT2D eigenvalue weighted by atomic mass is 9.97. The monoisotopic (exact) mass is 312 g/mol. The fourth-order valence-electron chi connectivity index (χ4n) is 3.02. The molecule has 120 valence electrons. The maximum absolute atomic E-state index is 12.9. The van der Waals surface area contributed by atoms with Gasteiger partial charge in [0.1, 0.15) is 17.7 Å². The Labute approximate surface area is 135 Å². The van der Waals surface area contributed by atoms with E-state index in [1.807, 2.05) is 31.9 Å². The highest BCUT2D eigenvalue weighted by Crippen LogP contribution is 2.38. The molecule has 1 N–H and O–H groups in total. The summed E-state index contributed by atoms with van der Waals surface area (Å²) in [6.07, 6.45) is 6.26. The van der Waals surface area contributed by atoms with Crippen LogP contribution in [0.4, 0.5) is 5.82 Å². The third-order valence-corrected chi connectivity index (χ3v) is 4.29. The average Bonchev–Trinajstić information content (AvgIpc) is 2.97. The van der Waals surface area contributed by atoms with E-state index in [0.717, 1.165) is 24.4 Å². The second-order valence-electron chi connectivity index (χ2n) is 5.93. The van der Waals surface area contributed by atoms with Gasteiger partial charge in [-0.15, -0.1) is 0 Å². The first-order valence-electron chi connectivity index (χ1n) is 7.65. The number of likely N-dealkylation sites (tertiary alicyclic amines) is 1. The van der Waals surface area contributed by atoms with E-state index in [0.29, 0.717) is 17.9 Å². The molecule has 7 nitrogen and oxygen atoms in total. The number of aryl methyl sites for hydroxylation is 1. The number of carbonyl (C=O) groups is 1. The SMILES string of the molecule is CNc1cc(C)nc([C@]2(C)CCCN2C(=O)c2cncnc2)n1. The molecule has 1 atom stereocenters. The van der Waals surface area contributed by atoms with Gasteiger partial charge in [0.25, 0.3) is 5.91 Å². The highest BCUT2D eigenvalue weighted by molar-refractivity contribution is 5.94. The highest BCUT2D eigenvalue weighted by Gasteiger charge is 2.44. The normalized spacial score (nSPS) is 20.6. The van der Waals surface area contributed by atoms with E-state index < -0.39 is 5.54 Å². The molecule has 0 spiro atoms. The number of aromatic nitrogens is 4. The van der Waals surface area contributed by atoms with Crippen LogP contribution in [-0.2, 0) is 5.54 Å². The summed E-state index contributed by atoms with van der Waals surface area (Å²) in [7, 11) is 1.83. The second kappa shape index (κ2) is 5.91. The Hall–Kier alpha value is -2.57. The predicted molar refractivity (Wildman–Crippen MR) is 86.0 cm³/mol. The highest BCUT2D eigenvalue weighted by atomic mass is 16.2. The van der Waals surface area contributed by atoms with Crippen molar-refractivity contribution in [2.24, 2.45) is 0 Å². The summed E-state index contributed by atoms with van der Waals surface area (Å²) in [6, 6.07) is 1.89. The molecule has 0 aromatic carbocycles. The van der Waals surface area contributed by atoms with Crippen LogP contribution in [0.2, 0.25) is 0 Å². The number of nitrogens with zero attached hydrogens (tertiary/aromatic N) is 5. The second-order valence-corrected chi connectivity index (χ2v) is 5.93.